The van der Waals surface area contributed by atoms with Crippen LogP contribution in [0.15, 0.2) is 55.1 Å². The molecule has 2 aromatic carbocycles. The first-order chi connectivity index (χ1) is 16.3. The fraction of sp³-hybridized carbons (Fsp3) is 0.308. The van der Waals surface area contributed by atoms with Crippen LogP contribution in [0, 0.1) is 0 Å². The monoisotopic (exact) mass is 500 g/mol. The summed E-state index contributed by atoms with van der Waals surface area (Å²) in [4.78, 5) is 25.7. The Hall–Kier alpha value is -2.80. The van der Waals surface area contributed by atoms with Gasteiger partial charge in [0.05, 0.1) is 29.2 Å². The molecule has 1 fully saturated rings. The van der Waals surface area contributed by atoms with Gasteiger partial charge in [-0.1, -0.05) is 67.0 Å². The smallest absolute Gasteiger partial charge is 0.313 e. The third kappa shape index (κ3) is 4.33. The van der Waals surface area contributed by atoms with Gasteiger partial charge in [0.2, 0.25) is 0 Å². The van der Waals surface area contributed by atoms with Gasteiger partial charge >= 0.3 is 5.97 Å². The number of aryl methyl sites for hydroxylation is 1. The van der Waals surface area contributed by atoms with Crippen molar-refractivity contribution in [2.45, 2.75) is 24.8 Å². The fourth-order valence-corrected chi connectivity index (χ4v) is 4.66. The molecule has 4 rings (SSSR count). The van der Waals surface area contributed by atoms with Crippen LogP contribution in [0.25, 0.3) is 10.9 Å². The number of ether oxygens (including phenoxy) is 2. The lowest BCUT2D eigenvalue weighted by Gasteiger charge is -2.42. The molecule has 0 spiro atoms. The quantitative estimate of drug-likeness (QED) is 0.333. The van der Waals surface area contributed by atoms with Gasteiger partial charge < -0.3 is 19.4 Å². The third-order valence-electron chi connectivity index (χ3n) is 6.30. The van der Waals surface area contributed by atoms with Crippen LogP contribution < -0.4 is 5.32 Å². The van der Waals surface area contributed by atoms with Crippen LogP contribution in [0.5, 0.6) is 0 Å². The molecule has 0 radical (unpaired) electrons. The molecule has 6 nitrogen and oxygen atoms in total. The van der Waals surface area contributed by atoms with E-state index in [4.69, 9.17) is 32.7 Å². The zero-order valence-electron chi connectivity index (χ0n) is 19.1. The maximum Gasteiger partial charge on any atom is 0.313 e. The molecule has 1 aromatic heterocycles. The second-order valence-electron chi connectivity index (χ2n) is 8.41. The van der Waals surface area contributed by atoms with Crippen LogP contribution in [0.4, 0.5) is 0 Å². The lowest BCUT2D eigenvalue weighted by atomic mass is 9.85. The minimum absolute atomic E-state index is 0.186. The molecule has 1 atom stereocenters. The minimum Gasteiger partial charge on any atom is -0.461 e. The molecule has 1 N–H and O–H groups in total. The Morgan fingerprint density at radius 2 is 1.94 bits per heavy atom. The Bertz CT molecular complexity index is 1250. The van der Waals surface area contributed by atoms with Crippen LogP contribution in [-0.2, 0) is 26.9 Å². The summed E-state index contributed by atoms with van der Waals surface area (Å²) >= 11 is 12.5. The van der Waals surface area contributed by atoms with Crippen molar-refractivity contribution in [3.05, 3.63) is 82.0 Å². The highest BCUT2D eigenvalue weighted by Crippen LogP contribution is 2.34. The van der Waals surface area contributed by atoms with Gasteiger partial charge in [0.15, 0.2) is 0 Å². The van der Waals surface area contributed by atoms with Crippen molar-refractivity contribution in [1.82, 2.24) is 9.88 Å². The second-order valence-corrected chi connectivity index (χ2v) is 9.20. The summed E-state index contributed by atoms with van der Waals surface area (Å²) in [5.41, 5.74) is 2.40. The number of nitrogens with one attached hydrogen (secondary N) is 1. The second kappa shape index (κ2) is 9.82. The van der Waals surface area contributed by atoms with Gasteiger partial charge in [0, 0.05) is 18.0 Å². The van der Waals surface area contributed by atoms with Crippen molar-refractivity contribution < 1.29 is 19.1 Å². The molecule has 1 amide bonds. The lowest BCUT2D eigenvalue weighted by molar-refractivity contribution is -0.144. The molecular formula is C26H26Cl2N2O4. The molecule has 8 heteroatoms. The fourth-order valence-electron chi connectivity index (χ4n) is 4.28. The van der Waals surface area contributed by atoms with Crippen LogP contribution in [0.3, 0.4) is 0 Å². The van der Waals surface area contributed by atoms with E-state index in [1.165, 1.54) is 0 Å². The molecule has 0 bridgehead atoms. The number of rotatable bonds is 8. The van der Waals surface area contributed by atoms with E-state index in [1.54, 1.807) is 22.8 Å². The molecule has 34 heavy (non-hydrogen) atoms. The van der Waals surface area contributed by atoms with Crippen molar-refractivity contribution in [2.24, 2.45) is 7.05 Å². The summed E-state index contributed by atoms with van der Waals surface area (Å²) in [5.74, 6) is -0.873. The van der Waals surface area contributed by atoms with E-state index in [0.717, 1.165) is 22.0 Å². The third-order valence-corrected chi connectivity index (χ3v) is 7.12. The highest BCUT2D eigenvalue weighted by Gasteiger charge is 2.42. The zero-order chi connectivity index (χ0) is 24.5. The van der Waals surface area contributed by atoms with Gasteiger partial charge in [-0.25, -0.2) is 0 Å². The van der Waals surface area contributed by atoms with Gasteiger partial charge in [-0.15, -0.1) is 0 Å². The summed E-state index contributed by atoms with van der Waals surface area (Å²) in [7, 11) is 1.82. The predicted octanol–water partition coefficient (Wildman–Crippen LogP) is 5.36. The highest BCUT2D eigenvalue weighted by atomic mass is 35.5. The number of fused-ring (bicyclic) bond motifs is 1. The highest BCUT2D eigenvalue weighted by molar-refractivity contribution is 6.45. The number of benzene rings is 2. The largest absolute Gasteiger partial charge is 0.461 e. The average Bonchev–Trinajstić information content (AvgIpc) is 3.15. The first-order valence-corrected chi connectivity index (χ1v) is 11.8. The number of hydrogen-bond acceptors (Lipinski definition) is 4. The number of hydrogen-bond donors (Lipinski definition) is 1. The molecule has 0 aliphatic carbocycles. The number of nitrogens with zero attached hydrogens (tertiary/aromatic N) is 1. The van der Waals surface area contributed by atoms with E-state index in [0.29, 0.717) is 35.4 Å². The van der Waals surface area contributed by atoms with Crippen molar-refractivity contribution in [3.8, 4) is 0 Å². The van der Waals surface area contributed by atoms with Gasteiger partial charge in [0.1, 0.15) is 17.8 Å². The maximum atomic E-state index is 13.3. The lowest BCUT2D eigenvalue weighted by Crippen LogP contribution is -2.59. The predicted molar refractivity (Wildman–Crippen MR) is 134 cm³/mol. The van der Waals surface area contributed by atoms with Crippen molar-refractivity contribution in [2.75, 3.05) is 19.8 Å². The first kappa shape index (κ1) is 24.3. The summed E-state index contributed by atoms with van der Waals surface area (Å²) in [6.07, 6.45) is 2.17. The van der Waals surface area contributed by atoms with Crippen molar-refractivity contribution in [3.63, 3.8) is 0 Å². The number of esters is 1. The topological polar surface area (TPSA) is 69.6 Å². The van der Waals surface area contributed by atoms with Crippen LogP contribution in [0.2, 0.25) is 10.0 Å². The van der Waals surface area contributed by atoms with E-state index >= 15 is 0 Å². The SMILES string of the molecule is C=CCOC(=O)C(CC)c1ccc(C2(NC(=O)c3cc4c(Cl)c(Cl)ccc4n3C)COC2)cc1. The van der Waals surface area contributed by atoms with Gasteiger partial charge in [0.25, 0.3) is 5.91 Å². The Kier molecular flexibility index (Phi) is 7.03. The van der Waals surface area contributed by atoms with E-state index < -0.39 is 5.54 Å². The molecule has 0 saturated carbocycles. The number of amides is 1. The Balaban J connectivity index is 1.57. The van der Waals surface area contributed by atoms with Crippen LogP contribution in [0.1, 0.15) is 40.9 Å². The normalized spacial score (nSPS) is 15.4. The maximum absolute atomic E-state index is 13.3. The van der Waals surface area contributed by atoms with Crippen molar-refractivity contribution >= 4 is 46.0 Å². The van der Waals surface area contributed by atoms with E-state index in [1.807, 2.05) is 44.3 Å². The number of carbonyl (C=O) groups excluding carboxylic acids is 2. The van der Waals surface area contributed by atoms with E-state index in [-0.39, 0.29) is 24.4 Å². The number of carbonyl (C=O) groups is 2. The number of halogens is 2. The van der Waals surface area contributed by atoms with E-state index in [2.05, 4.69) is 11.9 Å². The van der Waals surface area contributed by atoms with E-state index in [9.17, 15) is 9.59 Å². The molecule has 3 aromatic rings. The molecule has 178 valence electrons. The summed E-state index contributed by atoms with van der Waals surface area (Å²) in [6, 6.07) is 13.0. The van der Waals surface area contributed by atoms with Crippen LogP contribution in [-0.4, -0.2) is 36.3 Å². The Labute approximate surface area is 208 Å². The van der Waals surface area contributed by atoms with Gasteiger partial charge in [-0.05, 0) is 35.7 Å². The van der Waals surface area contributed by atoms with Crippen LogP contribution >= 0.6 is 23.2 Å². The molecular weight excluding hydrogens is 475 g/mol. The Morgan fingerprint density at radius 1 is 1.24 bits per heavy atom. The molecule has 1 aliphatic rings. The average molecular weight is 501 g/mol. The summed E-state index contributed by atoms with van der Waals surface area (Å²) in [6.45, 7) is 6.42. The van der Waals surface area contributed by atoms with Gasteiger partial charge in [-0.2, -0.15) is 0 Å². The Morgan fingerprint density at radius 3 is 2.53 bits per heavy atom. The molecule has 1 aliphatic heterocycles. The molecule has 2 heterocycles. The minimum atomic E-state index is -0.654. The van der Waals surface area contributed by atoms with Crippen molar-refractivity contribution in [1.29, 1.82) is 0 Å². The van der Waals surface area contributed by atoms with Gasteiger partial charge in [-0.3, -0.25) is 9.59 Å². The first-order valence-electron chi connectivity index (χ1n) is 11.0. The molecule has 1 unspecified atom stereocenters. The summed E-state index contributed by atoms with van der Waals surface area (Å²) in [5, 5.41) is 4.73. The standard InChI is InChI=1S/C26H26Cl2N2O4/c1-4-12-34-25(32)18(5-2)16-6-8-17(9-7-16)26(14-33-15-26)29-24(31)22-13-19-21(30(22)3)11-10-20(27)23(19)28/h4,6-11,13,18H,1,5,12,14-15H2,2-3H3,(H,29,31). The zero-order valence-corrected chi connectivity index (χ0v) is 20.6. The summed E-state index contributed by atoms with van der Waals surface area (Å²) < 4.78 is 12.5. The molecule has 1 saturated heterocycles. The number of aromatic nitrogens is 1.